The standard InChI is InChI=1S/C35H33N3O3/c39-33(41-26-28-14-5-1-6-15-28)37-23-13-22-34(40,27-37)32-24-36-38(25-32)35(29-16-7-2-8-17-29,30-18-9-3-10-19-30)31-20-11-4-12-21-31/h1-12,14-21,24-25,40H,13,22-23,26-27H2. The first-order chi connectivity index (χ1) is 20.1. The molecule has 6 rings (SSSR count). The number of aromatic nitrogens is 2. The Bertz CT molecular complexity index is 1480. The highest BCUT2D eigenvalue weighted by molar-refractivity contribution is 5.68. The van der Waals surface area contributed by atoms with Gasteiger partial charge in [-0.05, 0) is 35.1 Å². The zero-order chi connectivity index (χ0) is 28.1. The van der Waals surface area contributed by atoms with Crippen LogP contribution in [0.5, 0.6) is 0 Å². The summed E-state index contributed by atoms with van der Waals surface area (Å²) in [5.41, 5.74) is 2.72. The lowest BCUT2D eigenvalue weighted by Gasteiger charge is -2.38. The number of benzene rings is 4. The SMILES string of the molecule is O=C(OCc1ccccc1)N1CCCC(O)(c2cnn(C(c3ccccc3)(c3ccccc3)c3ccccc3)c2)C1. The Morgan fingerprint density at radius 3 is 1.85 bits per heavy atom. The summed E-state index contributed by atoms with van der Waals surface area (Å²) in [6.45, 7) is 0.869. The first-order valence-electron chi connectivity index (χ1n) is 14.0. The van der Waals surface area contributed by atoms with Gasteiger partial charge in [0.25, 0.3) is 0 Å². The van der Waals surface area contributed by atoms with Gasteiger partial charge < -0.3 is 14.7 Å². The third-order valence-electron chi connectivity index (χ3n) is 7.97. The lowest BCUT2D eigenvalue weighted by molar-refractivity contribution is -0.0349. The molecule has 1 amide bonds. The fraction of sp³-hybridized carbons (Fsp3) is 0.200. The van der Waals surface area contributed by atoms with Gasteiger partial charge in [-0.2, -0.15) is 5.10 Å². The third kappa shape index (κ3) is 5.14. The maximum Gasteiger partial charge on any atom is 0.410 e. The molecule has 1 N–H and O–H groups in total. The molecular weight excluding hydrogens is 510 g/mol. The summed E-state index contributed by atoms with van der Waals surface area (Å²) < 4.78 is 7.54. The van der Waals surface area contributed by atoms with Gasteiger partial charge in [0, 0.05) is 18.3 Å². The van der Waals surface area contributed by atoms with Crippen molar-refractivity contribution in [3.8, 4) is 0 Å². The van der Waals surface area contributed by atoms with Crippen LogP contribution in [0.4, 0.5) is 4.79 Å². The number of carbonyl (C=O) groups excluding carboxylic acids is 1. The van der Waals surface area contributed by atoms with E-state index in [1.54, 1.807) is 11.1 Å². The Morgan fingerprint density at radius 1 is 0.805 bits per heavy atom. The van der Waals surface area contributed by atoms with Crippen molar-refractivity contribution in [2.75, 3.05) is 13.1 Å². The minimum Gasteiger partial charge on any atom is -0.445 e. The van der Waals surface area contributed by atoms with Gasteiger partial charge in [-0.15, -0.1) is 0 Å². The maximum absolute atomic E-state index is 13.0. The summed E-state index contributed by atoms with van der Waals surface area (Å²) in [6.07, 6.45) is 4.43. The quantitative estimate of drug-likeness (QED) is 0.243. The molecule has 4 aromatic carbocycles. The predicted octanol–water partition coefficient (Wildman–Crippen LogP) is 6.34. The fourth-order valence-electron chi connectivity index (χ4n) is 5.92. The number of nitrogens with zero attached hydrogens (tertiary/aromatic N) is 3. The summed E-state index contributed by atoms with van der Waals surface area (Å²) >= 11 is 0. The molecule has 206 valence electrons. The van der Waals surface area contributed by atoms with Gasteiger partial charge in [-0.1, -0.05) is 121 Å². The van der Waals surface area contributed by atoms with Gasteiger partial charge in [0.1, 0.15) is 17.7 Å². The van der Waals surface area contributed by atoms with Crippen molar-refractivity contribution in [1.29, 1.82) is 0 Å². The van der Waals surface area contributed by atoms with Crippen LogP contribution < -0.4 is 0 Å². The first kappa shape index (κ1) is 26.5. The van der Waals surface area contributed by atoms with Gasteiger partial charge in [-0.3, -0.25) is 4.68 Å². The second-order valence-corrected chi connectivity index (χ2v) is 10.6. The van der Waals surface area contributed by atoms with Crippen LogP contribution in [0.1, 0.15) is 40.7 Å². The van der Waals surface area contributed by atoms with Crippen molar-refractivity contribution in [2.24, 2.45) is 0 Å². The van der Waals surface area contributed by atoms with E-state index in [4.69, 9.17) is 9.84 Å². The van der Waals surface area contributed by atoms with Crippen LogP contribution in [0.25, 0.3) is 0 Å². The monoisotopic (exact) mass is 543 g/mol. The molecule has 1 fully saturated rings. The van der Waals surface area contributed by atoms with Crippen molar-refractivity contribution in [1.82, 2.24) is 14.7 Å². The Labute approximate surface area is 240 Å². The number of hydrogen-bond acceptors (Lipinski definition) is 4. The van der Waals surface area contributed by atoms with E-state index >= 15 is 0 Å². The van der Waals surface area contributed by atoms with E-state index in [-0.39, 0.29) is 13.2 Å². The molecule has 1 saturated heterocycles. The van der Waals surface area contributed by atoms with Gasteiger partial charge in [0.15, 0.2) is 0 Å². The van der Waals surface area contributed by atoms with E-state index in [0.29, 0.717) is 24.9 Å². The zero-order valence-electron chi connectivity index (χ0n) is 22.8. The molecule has 0 spiro atoms. The number of aliphatic hydroxyl groups is 1. The fourth-order valence-corrected chi connectivity index (χ4v) is 5.92. The highest BCUT2D eigenvalue weighted by Gasteiger charge is 2.42. The van der Waals surface area contributed by atoms with Crippen molar-refractivity contribution >= 4 is 6.09 Å². The summed E-state index contributed by atoms with van der Waals surface area (Å²) in [4.78, 5) is 14.6. The molecule has 1 aromatic heterocycles. The summed E-state index contributed by atoms with van der Waals surface area (Å²) in [5, 5.41) is 16.8. The molecule has 6 heteroatoms. The molecule has 2 heterocycles. The number of rotatable bonds is 7. The molecule has 1 aliphatic rings. The lowest BCUT2D eigenvalue weighted by Crippen LogP contribution is -2.48. The predicted molar refractivity (Wildman–Crippen MR) is 158 cm³/mol. The summed E-state index contributed by atoms with van der Waals surface area (Å²) in [5.74, 6) is 0. The number of carbonyl (C=O) groups is 1. The molecule has 0 saturated carbocycles. The molecule has 1 atom stereocenters. The van der Waals surface area contributed by atoms with Crippen LogP contribution in [0.2, 0.25) is 0 Å². The van der Waals surface area contributed by atoms with Crippen molar-refractivity contribution in [3.63, 3.8) is 0 Å². The van der Waals surface area contributed by atoms with Crippen molar-refractivity contribution < 1.29 is 14.6 Å². The smallest absolute Gasteiger partial charge is 0.410 e. The highest BCUT2D eigenvalue weighted by atomic mass is 16.6. The minimum atomic E-state index is -1.25. The molecule has 0 aliphatic carbocycles. The molecule has 41 heavy (non-hydrogen) atoms. The first-order valence-corrected chi connectivity index (χ1v) is 14.0. The minimum absolute atomic E-state index is 0.140. The van der Waals surface area contributed by atoms with E-state index in [1.807, 2.05) is 95.8 Å². The van der Waals surface area contributed by atoms with Gasteiger partial charge in [-0.25, -0.2) is 4.79 Å². The van der Waals surface area contributed by atoms with E-state index in [2.05, 4.69) is 36.4 Å². The highest BCUT2D eigenvalue weighted by Crippen LogP contribution is 2.41. The maximum atomic E-state index is 13.0. The van der Waals surface area contributed by atoms with Crippen LogP contribution in [0.15, 0.2) is 134 Å². The lowest BCUT2D eigenvalue weighted by atomic mass is 9.77. The number of β-amino-alcohol motifs (C(OH)–C–C–N with tert-alkyl or cyclic N) is 1. The second kappa shape index (κ2) is 11.4. The van der Waals surface area contributed by atoms with Crippen LogP contribution in [0.3, 0.4) is 0 Å². The average molecular weight is 544 g/mol. The Balaban J connectivity index is 1.36. The van der Waals surface area contributed by atoms with Gasteiger partial charge in [0.2, 0.25) is 0 Å². The van der Waals surface area contributed by atoms with Crippen LogP contribution >= 0.6 is 0 Å². The summed E-state index contributed by atoms with van der Waals surface area (Å²) in [7, 11) is 0. The molecule has 6 nitrogen and oxygen atoms in total. The number of piperidine rings is 1. The summed E-state index contributed by atoms with van der Waals surface area (Å²) in [6, 6.07) is 40.5. The van der Waals surface area contributed by atoms with Gasteiger partial charge in [0.05, 0.1) is 12.7 Å². The Hall–Kier alpha value is -4.68. The Kier molecular flexibility index (Phi) is 7.40. The van der Waals surface area contributed by atoms with E-state index in [0.717, 1.165) is 22.3 Å². The molecule has 0 radical (unpaired) electrons. The third-order valence-corrected chi connectivity index (χ3v) is 7.97. The number of amides is 1. The van der Waals surface area contributed by atoms with E-state index in [1.165, 1.54) is 0 Å². The van der Waals surface area contributed by atoms with Crippen molar-refractivity contribution in [3.05, 3.63) is 162 Å². The van der Waals surface area contributed by atoms with Crippen molar-refractivity contribution in [2.45, 2.75) is 30.6 Å². The largest absolute Gasteiger partial charge is 0.445 e. The van der Waals surface area contributed by atoms with Crippen LogP contribution in [0, 0.1) is 0 Å². The second-order valence-electron chi connectivity index (χ2n) is 10.6. The Morgan fingerprint density at radius 2 is 1.32 bits per heavy atom. The normalized spacial score (nSPS) is 17.2. The number of hydrogen-bond donors (Lipinski definition) is 1. The molecule has 5 aromatic rings. The van der Waals surface area contributed by atoms with Crippen LogP contribution in [-0.2, 0) is 22.5 Å². The number of ether oxygens (including phenoxy) is 1. The average Bonchev–Trinajstić information content (AvgIpc) is 3.54. The van der Waals surface area contributed by atoms with E-state index in [9.17, 15) is 9.90 Å². The zero-order valence-corrected chi connectivity index (χ0v) is 22.8. The van der Waals surface area contributed by atoms with Crippen LogP contribution in [-0.4, -0.2) is 39.0 Å². The topological polar surface area (TPSA) is 67.6 Å². The number of likely N-dealkylation sites (tertiary alicyclic amines) is 1. The van der Waals surface area contributed by atoms with Gasteiger partial charge >= 0.3 is 6.09 Å². The molecular formula is C35H33N3O3. The van der Waals surface area contributed by atoms with E-state index < -0.39 is 17.2 Å². The molecule has 1 unspecified atom stereocenters. The molecule has 1 aliphatic heterocycles. The molecule has 0 bridgehead atoms.